The van der Waals surface area contributed by atoms with Gasteiger partial charge in [-0.25, -0.2) is 13.4 Å². The monoisotopic (exact) mass is 334 g/mol. The molecule has 0 aliphatic heterocycles. The van der Waals surface area contributed by atoms with Crippen molar-refractivity contribution in [2.75, 3.05) is 36.1 Å². The number of nitrogens with two attached hydrogens (primary N) is 1. The van der Waals surface area contributed by atoms with E-state index < -0.39 is 9.84 Å². The Hall–Kier alpha value is -1.35. The van der Waals surface area contributed by atoms with Crippen molar-refractivity contribution in [3.8, 4) is 0 Å². The maximum atomic E-state index is 11.9. The molecule has 1 heterocycles. The number of carbonyl (C=O) groups excluding carboxylic acids is 1. The number of nitrogen functional groups attached to an aromatic ring is 1. The smallest absolute Gasteiger partial charge is 0.265 e. The van der Waals surface area contributed by atoms with Crippen molar-refractivity contribution in [1.82, 2.24) is 10.3 Å². The van der Waals surface area contributed by atoms with Gasteiger partial charge in [0.1, 0.15) is 20.5 Å². The lowest BCUT2D eigenvalue weighted by atomic mass is 10.2. The van der Waals surface area contributed by atoms with Crippen LogP contribution < -0.4 is 16.4 Å². The maximum absolute atomic E-state index is 11.9. The first kappa shape index (κ1) is 17.7. The first-order chi connectivity index (χ1) is 9.69. The summed E-state index contributed by atoms with van der Waals surface area (Å²) in [4.78, 5) is 16.4. The van der Waals surface area contributed by atoms with Crippen LogP contribution in [0.5, 0.6) is 0 Å². The van der Waals surface area contributed by atoms with E-state index in [1.165, 1.54) is 17.6 Å². The van der Waals surface area contributed by atoms with Crippen LogP contribution in [0.2, 0.25) is 0 Å². The van der Waals surface area contributed by atoms with Crippen LogP contribution in [-0.2, 0) is 9.84 Å². The normalized spacial score (nSPS) is 11.6. The van der Waals surface area contributed by atoms with Gasteiger partial charge >= 0.3 is 0 Å². The molecular weight excluding hydrogens is 312 g/mol. The molecular formula is C12H22N4O3S2. The number of hydrogen-bond acceptors (Lipinski definition) is 7. The van der Waals surface area contributed by atoms with E-state index in [0.717, 1.165) is 6.54 Å². The molecule has 120 valence electrons. The minimum Gasteiger partial charge on any atom is -0.382 e. The third kappa shape index (κ3) is 6.76. The fraction of sp³-hybridized carbons (Fsp3) is 0.667. The summed E-state index contributed by atoms with van der Waals surface area (Å²) in [5, 5.41) is 6.38. The molecule has 21 heavy (non-hydrogen) atoms. The topological polar surface area (TPSA) is 114 Å². The Morgan fingerprint density at radius 3 is 2.67 bits per heavy atom. The van der Waals surface area contributed by atoms with Crippen molar-refractivity contribution in [3.05, 3.63) is 4.88 Å². The van der Waals surface area contributed by atoms with E-state index in [0.29, 0.717) is 22.3 Å². The minimum atomic E-state index is -3.00. The van der Waals surface area contributed by atoms with Crippen LogP contribution in [0.15, 0.2) is 0 Å². The fourth-order valence-electron chi connectivity index (χ4n) is 1.48. The number of carbonyl (C=O) groups is 1. The number of anilines is 2. The summed E-state index contributed by atoms with van der Waals surface area (Å²) in [5.41, 5.74) is 5.72. The molecule has 0 radical (unpaired) electrons. The number of nitrogens with zero attached hydrogens (tertiary/aromatic N) is 1. The van der Waals surface area contributed by atoms with Crippen molar-refractivity contribution in [3.63, 3.8) is 0 Å². The van der Waals surface area contributed by atoms with Crippen LogP contribution in [0.25, 0.3) is 0 Å². The molecule has 0 aliphatic carbocycles. The van der Waals surface area contributed by atoms with E-state index in [-0.39, 0.29) is 24.0 Å². The second kappa shape index (κ2) is 7.60. The second-order valence-corrected chi connectivity index (χ2v) is 8.51. The molecule has 1 rings (SSSR count). The number of aromatic nitrogens is 1. The Morgan fingerprint density at radius 1 is 1.43 bits per heavy atom. The van der Waals surface area contributed by atoms with Gasteiger partial charge in [0.25, 0.3) is 5.91 Å². The van der Waals surface area contributed by atoms with Gasteiger partial charge in [0.05, 0.1) is 5.75 Å². The number of rotatable bonds is 8. The summed E-state index contributed by atoms with van der Waals surface area (Å²) >= 11 is 1.20. The Balaban J connectivity index is 2.50. The second-order valence-electron chi connectivity index (χ2n) is 5.25. The maximum Gasteiger partial charge on any atom is 0.265 e. The molecule has 1 aromatic heterocycles. The Labute approximate surface area is 129 Å². The zero-order chi connectivity index (χ0) is 16.0. The van der Waals surface area contributed by atoms with Crippen molar-refractivity contribution in [1.29, 1.82) is 0 Å². The summed E-state index contributed by atoms with van der Waals surface area (Å²) in [6.45, 7) is 5.18. The van der Waals surface area contributed by atoms with Crippen molar-refractivity contribution < 1.29 is 13.2 Å². The van der Waals surface area contributed by atoms with E-state index >= 15 is 0 Å². The predicted octanol–water partition coefficient (Wildman–Crippen LogP) is 0.958. The first-order valence-corrected chi connectivity index (χ1v) is 9.53. The SMILES string of the molecule is CC(C)CNc1nc(N)c(C(=O)NCCCS(C)(=O)=O)s1. The van der Waals surface area contributed by atoms with Crippen LogP contribution in [0.1, 0.15) is 29.9 Å². The third-order valence-corrected chi connectivity index (χ3v) is 4.56. The molecule has 0 saturated carbocycles. The lowest BCUT2D eigenvalue weighted by molar-refractivity contribution is 0.0958. The third-order valence-electron chi connectivity index (χ3n) is 2.50. The van der Waals surface area contributed by atoms with E-state index in [9.17, 15) is 13.2 Å². The quantitative estimate of drug-likeness (QED) is 0.610. The van der Waals surface area contributed by atoms with Gasteiger partial charge in [-0.05, 0) is 12.3 Å². The highest BCUT2D eigenvalue weighted by atomic mass is 32.2. The summed E-state index contributed by atoms with van der Waals surface area (Å²) in [7, 11) is -3.00. The average molecular weight is 334 g/mol. The Kier molecular flexibility index (Phi) is 6.41. The summed E-state index contributed by atoms with van der Waals surface area (Å²) < 4.78 is 22.0. The Morgan fingerprint density at radius 2 is 2.10 bits per heavy atom. The van der Waals surface area contributed by atoms with Gasteiger partial charge in [-0.15, -0.1) is 0 Å². The van der Waals surface area contributed by atoms with Crippen LogP contribution in [-0.4, -0.2) is 44.4 Å². The van der Waals surface area contributed by atoms with E-state index in [1.807, 2.05) is 0 Å². The number of thiazole rings is 1. The van der Waals surface area contributed by atoms with Gasteiger partial charge in [-0.1, -0.05) is 25.2 Å². The highest BCUT2D eigenvalue weighted by molar-refractivity contribution is 7.90. The molecule has 0 spiro atoms. The molecule has 0 unspecified atom stereocenters. The zero-order valence-electron chi connectivity index (χ0n) is 12.5. The Bertz CT molecular complexity index is 581. The first-order valence-electron chi connectivity index (χ1n) is 6.65. The van der Waals surface area contributed by atoms with E-state index in [1.54, 1.807) is 0 Å². The van der Waals surface area contributed by atoms with Gasteiger partial charge in [-0.2, -0.15) is 0 Å². The van der Waals surface area contributed by atoms with Gasteiger partial charge in [0.2, 0.25) is 0 Å². The molecule has 9 heteroatoms. The van der Waals surface area contributed by atoms with Gasteiger partial charge in [0, 0.05) is 19.3 Å². The molecule has 0 saturated heterocycles. The van der Waals surface area contributed by atoms with Crippen LogP contribution >= 0.6 is 11.3 Å². The molecule has 0 bridgehead atoms. The summed E-state index contributed by atoms with van der Waals surface area (Å²) in [6.07, 6.45) is 1.55. The van der Waals surface area contributed by atoms with E-state index in [2.05, 4.69) is 29.5 Å². The highest BCUT2D eigenvalue weighted by Crippen LogP contribution is 2.24. The molecule has 0 aromatic carbocycles. The van der Waals surface area contributed by atoms with Crippen LogP contribution in [0.3, 0.4) is 0 Å². The van der Waals surface area contributed by atoms with E-state index in [4.69, 9.17) is 5.73 Å². The van der Waals surface area contributed by atoms with Crippen molar-refractivity contribution in [2.24, 2.45) is 5.92 Å². The largest absolute Gasteiger partial charge is 0.382 e. The zero-order valence-corrected chi connectivity index (χ0v) is 14.1. The molecule has 1 amide bonds. The number of nitrogens with one attached hydrogen (secondary N) is 2. The van der Waals surface area contributed by atoms with Crippen molar-refractivity contribution >= 4 is 38.0 Å². The fourth-order valence-corrected chi connectivity index (χ4v) is 2.95. The van der Waals surface area contributed by atoms with Crippen molar-refractivity contribution in [2.45, 2.75) is 20.3 Å². The molecule has 1 aromatic rings. The molecule has 4 N–H and O–H groups in total. The lowest BCUT2D eigenvalue weighted by Gasteiger charge is -2.04. The molecule has 7 nitrogen and oxygen atoms in total. The molecule has 0 fully saturated rings. The van der Waals surface area contributed by atoms with Crippen LogP contribution in [0, 0.1) is 5.92 Å². The highest BCUT2D eigenvalue weighted by Gasteiger charge is 2.16. The lowest BCUT2D eigenvalue weighted by Crippen LogP contribution is -2.25. The number of sulfone groups is 1. The number of hydrogen-bond donors (Lipinski definition) is 3. The minimum absolute atomic E-state index is 0.0483. The van der Waals surface area contributed by atoms with Gasteiger partial charge < -0.3 is 16.4 Å². The molecule has 0 aliphatic rings. The van der Waals surface area contributed by atoms with Gasteiger partial charge in [-0.3, -0.25) is 4.79 Å². The van der Waals surface area contributed by atoms with Gasteiger partial charge in [0.15, 0.2) is 5.13 Å². The van der Waals surface area contributed by atoms with Crippen LogP contribution in [0.4, 0.5) is 10.9 Å². The summed E-state index contributed by atoms with van der Waals surface area (Å²) in [5.74, 6) is 0.374. The standard InChI is InChI=1S/C12H22N4O3S2/c1-8(2)7-15-12-16-10(13)9(20-12)11(17)14-5-4-6-21(3,18)19/h8H,4-7,13H2,1-3H3,(H,14,17)(H,15,16). The average Bonchev–Trinajstić information content (AvgIpc) is 2.72. The predicted molar refractivity (Wildman–Crippen MR) is 86.5 cm³/mol. The molecule has 0 atom stereocenters. The summed E-state index contributed by atoms with van der Waals surface area (Å²) in [6, 6.07) is 0. The number of amides is 1.